The molecule has 1 aliphatic rings. The molecule has 0 N–H and O–H groups in total. The van der Waals surface area contributed by atoms with Gasteiger partial charge in [0.1, 0.15) is 0 Å². The predicted octanol–water partition coefficient (Wildman–Crippen LogP) is -1.10. The smallest absolute Gasteiger partial charge is 0.0805 e. The van der Waals surface area contributed by atoms with Crippen LogP contribution in [0.4, 0.5) is 0 Å². The van der Waals surface area contributed by atoms with E-state index in [9.17, 15) is 0 Å². The van der Waals surface area contributed by atoms with Crippen molar-refractivity contribution in [1.82, 2.24) is 0 Å². The number of hydrogen-bond acceptors (Lipinski definition) is 0. The zero-order chi connectivity index (χ0) is 4.41. The van der Waals surface area contributed by atoms with E-state index in [-0.39, 0.29) is 29.6 Å². The molecular formula is C6H8Na+. The third-order valence-corrected chi connectivity index (χ3v) is 0.957. The maximum absolute atomic E-state index is 2.16. The van der Waals surface area contributed by atoms with Gasteiger partial charge in [-0.25, -0.2) is 0 Å². The first-order valence-corrected chi connectivity index (χ1v) is 2.22. The standard InChI is InChI=1S/C6H8.Na/c1-6-4-2-3-5-6;/h2-4H,5H2,1H3;/q;+1. The van der Waals surface area contributed by atoms with Crippen LogP contribution in [0.15, 0.2) is 23.8 Å². The Labute approximate surface area is 66.6 Å². The van der Waals surface area contributed by atoms with E-state index in [1.54, 1.807) is 0 Å². The number of rotatable bonds is 0. The number of allylic oxidation sites excluding steroid dienone is 4. The fraction of sp³-hybridized carbons (Fsp3) is 0.333. The van der Waals surface area contributed by atoms with E-state index >= 15 is 0 Å². The summed E-state index contributed by atoms with van der Waals surface area (Å²) >= 11 is 0. The molecule has 32 valence electrons. The predicted molar refractivity (Wildman–Crippen MR) is 27.5 cm³/mol. The quantitative estimate of drug-likeness (QED) is 0.341. The molecule has 1 heteroatoms. The van der Waals surface area contributed by atoms with Crippen molar-refractivity contribution >= 4 is 0 Å². The van der Waals surface area contributed by atoms with Gasteiger partial charge in [0.15, 0.2) is 0 Å². The molecule has 1 rings (SSSR count). The average Bonchev–Trinajstić information content (AvgIpc) is 1.86. The summed E-state index contributed by atoms with van der Waals surface area (Å²) in [7, 11) is 0. The van der Waals surface area contributed by atoms with Gasteiger partial charge in [-0.15, -0.1) is 0 Å². The topological polar surface area (TPSA) is 0 Å². The second-order valence-electron chi connectivity index (χ2n) is 1.65. The van der Waals surface area contributed by atoms with E-state index in [1.165, 1.54) is 12.0 Å². The summed E-state index contributed by atoms with van der Waals surface area (Å²) in [6.45, 7) is 2.14. The molecule has 7 heavy (non-hydrogen) atoms. The maximum atomic E-state index is 2.16. The molecule has 0 saturated carbocycles. The van der Waals surface area contributed by atoms with Crippen molar-refractivity contribution in [2.24, 2.45) is 0 Å². The first-order chi connectivity index (χ1) is 2.89. The molecule has 0 aromatic carbocycles. The largest absolute Gasteiger partial charge is 1.00 e. The van der Waals surface area contributed by atoms with Crippen LogP contribution >= 0.6 is 0 Å². The summed E-state index contributed by atoms with van der Waals surface area (Å²) < 4.78 is 0. The second kappa shape index (κ2) is 3.48. The van der Waals surface area contributed by atoms with Gasteiger partial charge in [0.05, 0.1) is 0 Å². The average molecular weight is 103 g/mol. The van der Waals surface area contributed by atoms with Crippen LogP contribution in [-0.4, -0.2) is 0 Å². The summed E-state index contributed by atoms with van der Waals surface area (Å²) in [5.74, 6) is 0. The Kier molecular flexibility index (Phi) is 3.72. The van der Waals surface area contributed by atoms with Crippen molar-refractivity contribution in [2.75, 3.05) is 0 Å². The summed E-state index contributed by atoms with van der Waals surface area (Å²) in [6, 6.07) is 0. The molecule has 0 aliphatic heterocycles. The zero-order valence-electron chi connectivity index (χ0n) is 4.94. The molecule has 0 heterocycles. The molecule has 1 aliphatic carbocycles. The van der Waals surface area contributed by atoms with Crippen LogP contribution in [0.5, 0.6) is 0 Å². The normalized spacial score (nSPS) is 15.9. The van der Waals surface area contributed by atoms with Crippen molar-refractivity contribution in [2.45, 2.75) is 13.3 Å². The Bertz CT molecular complexity index is 101. The Morgan fingerprint density at radius 3 is 2.43 bits per heavy atom. The van der Waals surface area contributed by atoms with Gasteiger partial charge in [-0.2, -0.15) is 0 Å². The van der Waals surface area contributed by atoms with E-state index in [0.29, 0.717) is 0 Å². The van der Waals surface area contributed by atoms with Crippen molar-refractivity contribution < 1.29 is 29.6 Å². The van der Waals surface area contributed by atoms with E-state index < -0.39 is 0 Å². The van der Waals surface area contributed by atoms with Crippen molar-refractivity contribution in [3.63, 3.8) is 0 Å². The van der Waals surface area contributed by atoms with Crippen molar-refractivity contribution in [1.29, 1.82) is 0 Å². The second-order valence-corrected chi connectivity index (χ2v) is 1.65. The summed E-state index contributed by atoms with van der Waals surface area (Å²) in [5.41, 5.74) is 1.47. The van der Waals surface area contributed by atoms with E-state index in [2.05, 4.69) is 25.2 Å². The molecule has 0 spiro atoms. The molecule has 0 atom stereocenters. The van der Waals surface area contributed by atoms with E-state index in [1.807, 2.05) is 0 Å². The first-order valence-electron chi connectivity index (χ1n) is 2.22. The molecule has 0 radical (unpaired) electrons. The van der Waals surface area contributed by atoms with E-state index in [4.69, 9.17) is 0 Å². The van der Waals surface area contributed by atoms with Gasteiger partial charge in [-0.05, 0) is 13.3 Å². The van der Waals surface area contributed by atoms with Crippen molar-refractivity contribution in [3.8, 4) is 0 Å². The Balaban J connectivity index is 0.000000360. The minimum absolute atomic E-state index is 0. The van der Waals surface area contributed by atoms with Crippen LogP contribution in [0.25, 0.3) is 0 Å². The van der Waals surface area contributed by atoms with Crippen LogP contribution in [0.3, 0.4) is 0 Å². The summed E-state index contributed by atoms with van der Waals surface area (Å²) in [5, 5.41) is 0. The maximum Gasteiger partial charge on any atom is 1.00 e. The summed E-state index contributed by atoms with van der Waals surface area (Å²) in [6.07, 6.45) is 7.56. The fourth-order valence-electron chi connectivity index (χ4n) is 0.554. The van der Waals surface area contributed by atoms with Gasteiger partial charge in [-0.1, -0.05) is 23.8 Å². The molecule has 0 aromatic heterocycles. The Hall–Kier alpha value is 0.480. The third-order valence-electron chi connectivity index (χ3n) is 0.957. The fourth-order valence-corrected chi connectivity index (χ4v) is 0.554. The van der Waals surface area contributed by atoms with Crippen LogP contribution < -0.4 is 29.6 Å². The minimum atomic E-state index is 0. The first kappa shape index (κ1) is 7.48. The van der Waals surface area contributed by atoms with Crippen LogP contribution in [0, 0.1) is 0 Å². The molecule has 0 saturated heterocycles. The molecular weight excluding hydrogens is 95.1 g/mol. The molecule has 0 fully saturated rings. The molecule has 0 nitrogen and oxygen atoms in total. The minimum Gasteiger partial charge on any atom is -0.0805 e. The van der Waals surface area contributed by atoms with Gasteiger partial charge in [0.25, 0.3) is 0 Å². The molecule has 0 unspecified atom stereocenters. The van der Waals surface area contributed by atoms with Gasteiger partial charge in [0.2, 0.25) is 0 Å². The Morgan fingerprint density at radius 1 is 1.57 bits per heavy atom. The third kappa shape index (κ3) is 2.32. The van der Waals surface area contributed by atoms with Crippen LogP contribution in [0.1, 0.15) is 13.3 Å². The van der Waals surface area contributed by atoms with Gasteiger partial charge in [-0.3, -0.25) is 0 Å². The molecule has 0 bridgehead atoms. The molecule has 0 aromatic rings. The van der Waals surface area contributed by atoms with Crippen LogP contribution in [0.2, 0.25) is 0 Å². The van der Waals surface area contributed by atoms with Gasteiger partial charge < -0.3 is 0 Å². The van der Waals surface area contributed by atoms with Gasteiger partial charge in [0, 0.05) is 0 Å². The monoisotopic (exact) mass is 103 g/mol. The SMILES string of the molecule is CC1=CC=CC1.[Na+]. The molecule has 0 amide bonds. The van der Waals surface area contributed by atoms with Gasteiger partial charge >= 0.3 is 29.6 Å². The van der Waals surface area contributed by atoms with Crippen LogP contribution in [-0.2, 0) is 0 Å². The van der Waals surface area contributed by atoms with Crippen molar-refractivity contribution in [3.05, 3.63) is 23.8 Å². The Morgan fingerprint density at radius 2 is 2.29 bits per heavy atom. The van der Waals surface area contributed by atoms with E-state index in [0.717, 1.165) is 0 Å². The number of hydrogen-bond donors (Lipinski definition) is 0. The summed E-state index contributed by atoms with van der Waals surface area (Å²) in [4.78, 5) is 0. The zero-order valence-corrected chi connectivity index (χ0v) is 6.94.